The summed E-state index contributed by atoms with van der Waals surface area (Å²) >= 11 is 5.54. The quantitative estimate of drug-likeness (QED) is 0.392. The van der Waals surface area contributed by atoms with Gasteiger partial charge >= 0.3 is 0 Å². The van der Waals surface area contributed by atoms with Crippen molar-refractivity contribution >= 4 is 28.9 Å². The van der Waals surface area contributed by atoms with Crippen molar-refractivity contribution in [2.24, 2.45) is 5.73 Å². The molecule has 1 atom stereocenters. The molecule has 10 heteroatoms. The fourth-order valence-corrected chi connectivity index (χ4v) is 4.49. The molecule has 1 saturated heterocycles. The van der Waals surface area contributed by atoms with Crippen LogP contribution in [0.5, 0.6) is 0 Å². The van der Waals surface area contributed by atoms with Gasteiger partial charge in [0.25, 0.3) is 11.8 Å². The molecule has 0 radical (unpaired) electrons. The fraction of sp³-hybridized carbons (Fsp3) is 0.308. The number of rotatable bonds is 4. The highest BCUT2D eigenvalue weighted by molar-refractivity contribution is 6.30. The predicted molar refractivity (Wildman–Crippen MR) is 137 cm³/mol. The third kappa shape index (κ3) is 5.27. The molecular formula is C26H28ClN7O2. The molecule has 2 aliphatic rings. The van der Waals surface area contributed by atoms with Crippen molar-refractivity contribution in [3.8, 4) is 0 Å². The average molecular weight is 506 g/mol. The lowest BCUT2D eigenvalue weighted by molar-refractivity contribution is 0.0676. The summed E-state index contributed by atoms with van der Waals surface area (Å²) in [4.78, 5) is 38.8. The number of hydrogen-bond acceptors (Lipinski definition) is 5. The number of likely N-dealkylation sites (tertiary alicyclic amines) is 1. The highest BCUT2D eigenvalue weighted by Crippen LogP contribution is 2.41. The predicted octanol–water partition coefficient (Wildman–Crippen LogP) is 3.38. The highest BCUT2D eigenvalue weighted by Gasteiger charge is 2.42. The lowest BCUT2D eigenvalue weighted by Gasteiger charge is -2.33. The van der Waals surface area contributed by atoms with Crippen molar-refractivity contribution in [3.05, 3.63) is 89.5 Å². The van der Waals surface area contributed by atoms with Gasteiger partial charge in [-0.15, -0.1) is 0 Å². The van der Waals surface area contributed by atoms with E-state index in [-0.39, 0.29) is 29.2 Å². The van der Waals surface area contributed by atoms with E-state index in [1.807, 2.05) is 53.1 Å². The lowest BCUT2D eigenvalue weighted by Crippen LogP contribution is -2.49. The average Bonchev–Trinajstić information content (AvgIpc) is 3.29. The van der Waals surface area contributed by atoms with Crippen LogP contribution in [0.1, 0.15) is 52.4 Å². The maximum Gasteiger partial charge on any atom is 0.287 e. The van der Waals surface area contributed by atoms with Crippen molar-refractivity contribution in [1.29, 1.82) is 0 Å². The molecular weight excluding hydrogens is 478 g/mol. The molecule has 36 heavy (non-hydrogen) atoms. The Morgan fingerprint density at radius 3 is 2.67 bits per heavy atom. The molecule has 2 fully saturated rings. The number of hydrogen-bond donors (Lipinski definition) is 3. The molecule has 2 amide bonds. The maximum absolute atomic E-state index is 13.1. The van der Waals surface area contributed by atoms with Crippen LogP contribution in [0.4, 0.5) is 0 Å². The van der Waals surface area contributed by atoms with Crippen LogP contribution in [0.25, 0.3) is 5.52 Å². The molecule has 6 rings (SSSR count). The van der Waals surface area contributed by atoms with E-state index < -0.39 is 0 Å². The zero-order valence-electron chi connectivity index (χ0n) is 19.7. The van der Waals surface area contributed by atoms with E-state index in [9.17, 15) is 9.59 Å². The van der Waals surface area contributed by atoms with Gasteiger partial charge in [-0.25, -0.2) is 9.97 Å². The number of aromatic nitrogens is 4. The Labute approximate surface area is 213 Å². The summed E-state index contributed by atoms with van der Waals surface area (Å²) in [5, 5.41) is 3.80. The molecule has 1 saturated carbocycles. The first-order valence-electron chi connectivity index (χ1n) is 12.0. The summed E-state index contributed by atoms with van der Waals surface area (Å²) in [6.07, 6.45) is 10.3. The maximum atomic E-state index is 13.1. The minimum atomic E-state index is -0.353. The number of nitrogens with two attached hydrogens (primary N) is 1. The number of nitrogens with zero attached hydrogens (tertiary/aromatic N) is 4. The molecule has 3 aromatic heterocycles. The first-order chi connectivity index (χ1) is 17.4. The Hall–Kier alpha value is -3.69. The van der Waals surface area contributed by atoms with Crippen LogP contribution < -0.4 is 11.1 Å². The highest BCUT2D eigenvalue weighted by atomic mass is 35.5. The molecule has 4 heterocycles. The van der Waals surface area contributed by atoms with E-state index in [2.05, 4.69) is 20.3 Å². The number of pyridine rings is 1. The Morgan fingerprint density at radius 2 is 1.94 bits per heavy atom. The first-order valence-corrected chi connectivity index (χ1v) is 12.4. The topological polar surface area (TPSA) is 121 Å². The van der Waals surface area contributed by atoms with E-state index in [0.29, 0.717) is 18.7 Å². The number of nitrogens with one attached hydrogen (secondary N) is 2. The second-order valence-electron chi connectivity index (χ2n) is 9.27. The number of H-pyrrole nitrogens is 1. The molecule has 4 aromatic rings. The van der Waals surface area contributed by atoms with Gasteiger partial charge in [0.2, 0.25) is 0 Å². The van der Waals surface area contributed by atoms with Crippen LogP contribution in [-0.4, -0.2) is 55.2 Å². The minimum absolute atomic E-state index is 0.0471. The molecule has 1 unspecified atom stereocenters. The Bertz CT molecular complexity index is 1360. The van der Waals surface area contributed by atoms with Gasteiger partial charge in [-0.2, -0.15) is 0 Å². The third-order valence-corrected chi connectivity index (χ3v) is 6.83. The number of benzene rings is 1. The zero-order valence-corrected chi connectivity index (χ0v) is 20.5. The SMILES string of the molecule is Clc1ccccc1.NC1(c2cnc(C(=O)NC3CCCN(C(=O)c4cccn5cncc45)C3)[nH]2)CC1. The Balaban J connectivity index is 0.000000330. The molecule has 186 valence electrons. The van der Waals surface area contributed by atoms with Crippen molar-refractivity contribution in [1.82, 2.24) is 29.6 Å². The summed E-state index contributed by atoms with van der Waals surface area (Å²) in [7, 11) is 0. The number of imidazole rings is 2. The van der Waals surface area contributed by atoms with Crippen molar-refractivity contribution in [3.63, 3.8) is 0 Å². The smallest absolute Gasteiger partial charge is 0.287 e. The monoisotopic (exact) mass is 505 g/mol. The molecule has 9 nitrogen and oxygen atoms in total. The van der Waals surface area contributed by atoms with E-state index in [0.717, 1.165) is 41.9 Å². The van der Waals surface area contributed by atoms with Crippen LogP contribution >= 0.6 is 11.6 Å². The number of fused-ring (bicyclic) bond motifs is 1. The largest absolute Gasteiger partial charge is 0.345 e. The second-order valence-corrected chi connectivity index (χ2v) is 9.71. The summed E-state index contributed by atoms with van der Waals surface area (Å²) < 4.78 is 1.83. The third-order valence-electron chi connectivity index (χ3n) is 6.57. The number of carbonyl (C=O) groups is 2. The van der Waals surface area contributed by atoms with Crippen LogP contribution in [0.15, 0.2) is 67.4 Å². The minimum Gasteiger partial charge on any atom is -0.345 e. The fourth-order valence-electron chi connectivity index (χ4n) is 4.34. The molecule has 1 aliphatic carbocycles. The zero-order chi connectivity index (χ0) is 25.1. The molecule has 0 spiro atoms. The summed E-state index contributed by atoms with van der Waals surface area (Å²) in [6, 6.07) is 13.0. The van der Waals surface area contributed by atoms with Crippen LogP contribution in [0.3, 0.4) is 0 Å². The van der Waals surface area contributed by atoms with Crippen molar-refractivity contribution in [2.45, 2.75) is 37.3 Å². The normalized spacial score (nSPS) is 18.3. The number of halogens is 1. The van der Waals surface area contributed by atoms with E-state index >= 15 is 0 Å². The molecule has 1 aromatic carbocycles. The van der Waals surface area contributed by atoms with Gasteiger partial charge in [0.15, 0.2) is 5.82 Å². The number of amides is 2. The number of carbonyl (C=O) groups excluding carboxylic acids is 2. The van der Waals surface area contributed by atoms with Crippen LogP contribution in [-0.2, 0) is 5.54 Å². The van der Waals surface area contributed by atoms with Gasteiger partial charge in [-0.3, -0.25) is 9.59 Å². The van der Waals surface area contributed by atoms with Gasteiger partial charge in [0, 0.05) is 30.4 Å². The van der Waals surface area contributed by atoms with Gasteiger partial charge in [0.05, 0.1) is 41.0 Å². The Morgan fingerprint density at radius 1 is 1.14 bits per heavy atom. The van der Waals surface area contributed by atoms with Gasteiger partial charge in [0.1, 0.15) is 0 Å². The summed E-state index contributed by atoms with van der Waals surface area (Å²) in [5.74, 6) is -0.0453. The number of piperidine rings is 1. The van der Waals surface area contributed by atoms with Gasteiger partial charge in [-0.05, 0) is 49.9 Å². The molecule has 1 aliphatic heterocycles. The summed E-state index contributed by atoms with van der Waals surface area (Å²) in [5.41, 5.74) is 8.00. The van der Waals surface area contributed by atoms with E-state index in [4.69, 9.17) is 17.3 Å². The molecule has 0 bridgehead atoms. The van der Waals surface area contributed by atoms with Crippen molar-refractivity contribution < 1.29 is 9.59 Å². The van der Waals surface area contributed by atoms with Crippen LogP contribution in [0, 0.1) is 0 Å². The molecule has 4 N–H and O–H groups in total. The Kier molecular flexibility index (Phi) is 6.75. The van der Waals surface area contributed by atoms with E-state index in [1.54, 1.807) is 23.6 Å². The van der Waals surface area contributed by atoms with Crippen molar-refractivity contribution in [2.75, 3.05) is 13.1 Å². The standard InChI is InChI=1S/C20H23N7O2.C6H5Cl/c21-20(5-6-20)16-10-23-17(25-16)18(28)24-13-3-1-7-26(11-13)19(29)14-4-2-8-27-12-22-9-15(14)27;7-6-4-2-1-3-5-6/h2,4,8-10,12-13H,1,3,5-7,11,21H2,(H,23,25)(H,24,28);1-5H. The summed E-state index contributed by atoms with van der Waals surface area (Å²) in [6.45, 7) is 1.13. The van der Waals surface area contributed by atoms with Gasteiger partial charge < -0.3 is 25.3 Å². The van der Waals surface area contributed by atoms with E-state index in [1.165, 1.54) is 0 Å². The second kappa shape index (κ2) is 10.1. The first kappa shape index (κ1) is 24.0. The number of aromatic amines is 1. The van der Waals surface area contributed by atoms with Gasteiger partial charge in [-0.1, -0.05) is 29.8 Å². The van der Waals surface area contributed by atoms with Crippen LogP contribution in [0.2, 0.25) is 5.02 Å². The lowest BCUT2D eigenvalue weighted by atomic mass is 10.0.